The van der Waals surface area contributed by atoms with Gasteiger partial charge in [0.1, 0.15) is 5.56 Å². The van der Waals surface area contributed by atoms with E-state index in [4.69, 9.17) is 5.84 Å². The maximum atomic E-state index is 11.6. The molecule has 0 aliphatic carbocycles. The second-order valence-corrected chi connectivity index (χ2v) is 3.98. The molecule has 1 aliphatic heterocycles. The number of carbonyl (C=O) groups excluding carboxylic acids is 1. The molecule has 6 nitrogen and oxygen atoms in total. The van der Waals surface area contributed by atoms with Gasteiger partial charge in [-0.25, -0.2) is 5.84 Å². The minimum atomic E-state index is -0.558. The Morgan fingerprint density at radius 3 is 3.06 bits per heavy atom. The molecule has 0 bridgehead atoms. The summed E-state index contributed by atoms with van der Waals surface area (Å²) in [5, 5.41) is 0. The van der Waals surface area contributed by atoms with Crippen LogP contribution in [0.1, 0.15) is 21.6 Å². The van der Waals surface area contributed by atoms with E-state index in [-0.39, 0.29) is 11.1 Å². The number of nitrogens with one attached hydrogen (secondary N) is 2. The van der Waals surface area contributed by atoms with Gasteiger partial charge in [0, 0.05) is 25.2 Å². The van der Waals surface area contributed by atoms with E-state index in [0.29, 0.717) is 0 Å². The summed E-state index contributed by atoms with van der Waals surface area (Å²) in [4.78, 5) is 27.8. The molecular weight excluding hydrogens is 208 g/mol. The number of rotatable bonds is 1. The zero-order chi connectivity index (χ0) is 11.7. The van der Waals surface area contributed by atoms with Crippen LogP contribution in [0.25, 0.3) is 0 Å². The van der Waals surface area contributed by atoms with Crippen molar-refractivity contribution >= 4 is 5.91 Å². The van der Waals surface area contributed by atoms with Gasteiger partial charge in [0.15, 0.2) is 0 Å². The first-order chi connectivity index (χ1) is 7.61. The highest BCUT2D eigenvalue weighted by Crippen LogP contribution is 2.14. The third kappa shape index (κ3) is 1.84. The molecule has 0 saturated heterocycles. The average molecular weight is 222 g/mol. The van der Waals surface area contributed by atoms with Crippen molar-refractivity contribution in [2.75, 3.05) is 13.6 Å². The summed E-state index contributed by atoms with van der Waals surface area (Å²) in [5.74, 6) is 4.46. The highest BCUT2D eigenvalue weighted by molar-refractivity contribution is 5.93. The van der Waals surface area contributed by atoms with Gasteiger partial charge in [-0.15, -0.1) is 0 Å². The lowest BCUT2D eigenvalue weighted by atomic mass is 10.0. The third-order valence-corrected chi connectivity index (χ3v) is 2.77. The van der Waals surface area contributed by atoms with Crippen molar-refractivity contribution in [3.63, 3.8) is 0 Å². The summed E-state index contributed by atoms with van der Waals surface area (Å²) < 4.78 is 0. The first-order valence-electron chi connectivity index (χ1n) is 5.06. The van der Waals surface area contributed by atoms with Crippen molar-refractivity contribution in [2.45, 2.75) is 13.0 Å². The predicted octanol–water partition coefficient (Wildman–Crippen LogP) is -1.03. The van der Waals surface area contributed by atoms with Crippen LogP contribution in [0.2, 0.25) is 0 Å². The van der Waals surface area contributed by atoms with Gasteiger partial charge in [-0.2, -0.15) is 0 Å². The molecule has 0 unspecified atom stereocenters. The number of nitrogens with zero attached hydrogens (tertiary/aromatic N) is 1. The molecule has 16 heavy (non-hydrogen) atoms. The van der Waals surface area contributed by atoms with Gasteiger partial charge in [0.05, 0.1) is 0 Å². The van der Waals surface area contributed by atoms with Gasteiger partial charge in [-0.1, -0.05) is 0 Å². The van der Waals surface area contributed by atoms with Crippen LogP contribution in [0.3, 0.4) is 0 Å². The Hall–Kier alpha value is -1.66. The van der Waals surface area contributed by atoms with E-state index in [9.17, 15) is 9.59 Å². The molecule has 0 aromatic carbocycles. The molecule has 2 rings (SSSR count). The number of H-pyrrole nitrogens is 1. The normalized spacial score (nSPS) is 15.6. The van der Waals surface area contributed by atoms with Crippen LogP contribution >= 0.6 is 0 Å². The number of carbonyl (C=O) groups is 1. The van der Waals surface area contributed by atoms with Crippen LogP contribution in [0.15, 0.2) is 10.9 Å². The highest BCUT2D eigenvalue weighted by Gasteiger charge is 2.18. The molecule has 0 saturated carbocycles. The minimum Gasteiger partial charge on any atom is -0.325 e. The molecule has 0 fully saturated rings. The average Bonchev–Trinajstić information content (AvgIpc) is 2.28. The summed E-state index contributed by atoms with van der Waals surface area (Å²) in [6.45, 7) is 1.64. The molecule has 86 valence electrons. The Bertz CT molecular complexity index is 480. The standard InChI is InChI=1S/C10H14N4O2/c1-14-3-2-8-6(5-14)4-7(9(15)12-8)10(16)13-11/h4H,2-3,5,11H2,1H3,(H,12,15)(H,13,16). The summed E-state index contributed by atoms with van der Waals surface area (Å²) in [6, 6.07) is 1.62. The van der Waals surface area contributed by atoms with Crippen LogP contribution < -0.4 is 16.8 Å². The number of hydrogen-bond acceptors (Lipinski definition) is 4. The molecule has 0 spiro atoms. The van der Waals surface area contributed by atoms with E-state index in [0.717, 1.165) is 30.8 Å². The van der Waals surface area contributed by atoms with Crippen molar-refractivity contribution in [1.82, 2.24) is 15.3 Å². The van der Waals surface area contributed by atoms with Crippen molar-refractivity contribution < 1.29 is 4.79 Å². The SMILES string of the molecule is CN1CCc2[nH]c(=O)c(C(=O)NN)cc2C1. The first kappa shape index (κ1) is 10.8. The molecule has 1 aromatic heterocycles. The topological polar surface area (TPSA) is 91.2 Å². The molecular formula is C10H14N4O2. The zero-order valence-electron chi connectivity index (χ0n) is 9.04. The molecule has 6 heteroatoms. The van der Waals surface area contributed by atoms with Crippen LogP contribution in [0.4, 0.5) is 0 Å². The van der Waals surface area contributed by atoms with Crippen molar-refractivity contribution in [3.8, 4) is 0 Å². The van der Waals surface area contributed by atoms with Gasteiger partial charge < -0.3 is 9.88 Å². The molecule has 0 atom stereocenters. The van der Waals surface area contributed by atoms with Crippen molar-refractivity contribution in [1.29, 1.82) is 0 Å². The van der Waals surface area contributed by atoms with Crippen molar-refractivity contribution in [3.05, 3.63) is 33.2 Å². The quantitative estimate of drug-likeness (QED) is 0.322. The predicted molar refractivity (Wildman–Crippen MR) is 58.8 cm³/mol. The Morgan fingerprint density at radius 2 is 2.38 bits per heavy atom. The Balaban J connectivity index is 2.47. The molecule has 1 aromatic rings. The van der Waals surface area contributed by atoms with Crippen LogP contribution in [-0.4, -0.2) is 29.4 Å². The highest BCUT2D eigenvalue weighted by atomic mass is 16.2. The zero-order valence-corrected chi connectivity index (χ0v) is 9.04. The number of hydrazine groups is 1. The van der Waals surface area contributed by atoms with Gasteiger partial charge in [0.2, 0.25) is 0 Å². The third-order valence-electron chi connectivity index (χ3n) is 2.77. The number of nitrogens with two attached hydrogens (primary N) is 1. The summed E-state index contributed by atoms with van der Waals surface area (Å²) >= 11 is 0. The largest absolute Gasteiger partial charge is 0.325 e. The Morgan fingerprint density at radius 1 is 1.62 bits per heavy atom. The smallest absolute Gasteiger partial charge is 0.270 e. The number of hydrogen-bond donors (Lipinski definition) is 3. The van der Waals surface area contributed by atoms with E-state index in [1.165, 1.54) is 0 Å². The fraction of sp³-hybridized carbons (Fsp3) is 0.400. The lowest BCUT2D eigenvalue weighted by Gasteiger charge is -2.24. The van der Waals surface area contributed by atoms with E-state index in [2.05, 4.69) is 9.88 Å². The maximum absolute atomic E-state index is 11.6. The molecule has 0 radical (unpaired) electrons. The van der Waals surface area contributed by atoms with Crippen molar-refractivity contribution in [2.24, 2.45) is 5.84 Å². The fourth-order valence-corrected chi connectivity index (χ4v) is 1.89. The second-order valence-electron chi connectivity index (χ2n) is 3.98. The number of amides is 1. The minimum absolute atomic E-state index is 0.0663. The number of aromatic amines is 1. The monoisotopic (exact) mass is 222 g/mol. The van der Waals surface area contributed by atoms with Gasteiger partial charge in [-0.3, -0.25) is 15.0 Å². The van der Waals surface area contributed by atoms with E-state index < -0.39 is 5.91 Å². The lowest BCUT2D eigenvalue weighted by Crippen LogP contribution is -2.36. The number of fused-ring (bicyclic) bond motifs is 1. The number of likely N-dealkylation sites (N-methyl/N-ethyl adjacent to an activating group) is 1. The molecule has 2 heterocycles. The first-order valence-corrected chi connectivity index (χ1v) is 5.06. The number of aromatic nitrogens is 1. The summed E-state index contributed by atoms with van der Waals surface area (Å²) in [6.07, 6.45) is 0.797. The van der Waals surface area contributed by atoms with Crippen LogP contribution in [0.5, 0.6) is 0 Å². The summed E-state index contributed by atoms with van der Waals surface area (Å²) in [7, 11) is 2.00. The Labute approximate surface area is 92.4 Å². The van der Waals surface area contributed by atoms with Gasteiger partial charge in [-0.05, 0) is 18.7 Å². The van der Waals surface area contributed by atoms with E-state index >= 15 is 0 Å². The lowest BCUT2D eigenvalue weighted by molar-refractivity contribution is 0.0952. The van der Waals surface area contributed by atoms with Gasteiger partial charge in [0.25, 0.3) is 11.5 Å². The summed E-state index contributed by atoms with van der Waals surface area (Å²) in [5.41, 5.74) is 3.54. The van der Waals surface area contributed by atoms with E-state index in [1.807, 2.05) is 12.5 Å². The van der Waals surface area contributed by atoms with Crippen LogP contribution in [0, 0.1) is 0 Å². The van der Waals surface area contributed by atoms with Gasteiger partial charge >= 0.3 is 0 Å². The fourth-order valence-electron chi connectivity index (χ4n) is 1.89. The molecule has 1 aliphatic rings. The number of pyridine rings is 1. The maximum Gasteiger partial charge on any atom is 0.270 e. The number of nitrogen functional groups attached to an aromatic ring is 1. The van der Waals surface area contributed by atoms with E-state index in [1.54, 1.807) is 6.07 Å². The molecule has 4 N–H and O–H groups in total. The Kier molecular flexibility index (Phi) is 2.76. The molecule has 1 amide bonds. The second kappa shape index (κ2) is 4.07. The van der Waals surface area contributed by atoms with Crippen LogP contribution in [-0.2, 0) is 13.0 Å².